The first-order valence-electron chi connectivity index (χ1n) is 2.95. The van der Waals surface area contributed by atoms with Gasteiger partial charge in [0.1, 0.15) is 6.04 Å². The molecule has 0 aromatic carbocycles. The Balaban J connectivity index is 0. The molecule has 0 radical (unpaired) electrons. The number of carbonyl (C=O) groups excluding carboxylic acids is 1. The first-order chi connectivity index (χ1) is 4.39. The molecule has 11 heavy (non-hydrogen) atoms. The maximum atomic E-state index is 10.7. The Morgan fingerprint density at radius 2 is 2.00 bits per heavy atom. The van der Waals surface area contributed by atoms with Gasteiger partial charge < -0.3 is 15.6 Å². The van der Waals surface area contributed by atoms with Gasteiger partial charge in [0.15, 0.2) is 0 Å². The van der Waals surface area contributed by atoms with E-state index in [2.05, 4.69) is 4.74 Å². The highest BCUT2D eigenvalue weighted by atomic mass is 35.5. The summed E-state index contributed by atoms with van der Waals surface area (Å²) in [7, 11) is 1.23. The first kappa shape index (κ1) is 13.3. The smallest absolute Gasteiger partial charge is 0.325 e. The van der Waals surface area contributed by atoms with Gasteiger partial charge in [-0.25, -0.2) is 0 Å². The molecule has 1 atom stereocenters. The third-order valence-electron chi connectivity index (χ3n) is 1.22. The third kappa shape index (κ3) is 4.19. The van der Waals surface area contributed by atoms with Crippen molar-refractivity contribution in [2.45, 2.75) is 25.5 Å². The second-order valence-corrected chi connectivity index (χ2v) is 2.65. The molecular weight excluding hydrogens is 170 g/mol. The van der Waals surface area contributed by atoms with Crippen molar-refractivity contribution in [2.24, 2.45) is 5.73 Å². The number of halogens is 1. The summed E-state index contributed by atoms with van der Waals surface area (Å²) in [6.45, 7) is 2.91. The molecule has 0 bridgehead atoms. The highest BCUT2D eigenvalue weighted by Crippen LogP contribution is 2.06. The van der Waals surface area contributed by atoms with Crippen molar-refractivity contribution < 1.29 is 14.6 Å². The second kappa shape index (κ2) is 4.54. The van der Waals surface area contributed by atoms with Crippen LogP contribution in [0.2, 0.25) is 0 Å². The average molecular weight is 184 g/mol. The molecule has 3 N–H and O–H groups in total. The topological polar surface area (TPSA) is 72.5 Å². The lowest BCUT2D eigenvalue weighted by Gasteiger charge is -2.22. The Morgan fingerprint density at radius 3 is 2.09 bits per heavy atom. The molecule has 0 aliphatic heterocycles. The van der Waals surface area contributed by atoms with Crippen molar-refractivity contribution in [1.82, 2.24) is 0 Å². The number of hydrogen-bond acceptors (Lipinski definition) is 4. The van der Waals surface area contributed by atoms with Gasteiger partial charge in [0.05, 0.1) is 12.7 Å². The van der Waals surface area contributed by atoms with Gasteiger partial charge in [-0.2, -0.15) is 0 Å². The van der Waals surface area contributed by atoms with Gasteiger partial charge in [0.25, 0.3) is 0 Å². The number of hydrogen-bond donors (Lipinski definition) is 2. The van der Waals surface area contributed by atoms with Crippen LogP contribution in [0.3, 0.4) is 0 Å². The first-order valence-corrected chi connectivity index (χ1v) is 2.95. The minimum Gasteiger partial charge on any atom is -0.468 e. The molecule has 5 heteroatoms. The van der Waals surface area contributed by atoms with Crippen molar-refractivity contribution in [3.63, 3.8) is 0 Å². The van der Waals surface area contributed by atoms with Gasteiger partial charge >= 0.3 is 5.97 Å². The lowest BCUT2D eigenvalue weighted by Crippen LogP contribution is -2.49. The number of aliphatic hydroxyl groups is 1. The van der Waals surface area contributed by atoms with Crippen LogP contribution in [0.5, 0.6) is 0 Å². The minimum absolute atomic E-state index is 0. The van der Waals surface area contributed by atoms with Crippen LogP contribution in [-0.4, -0.2) is 29.8 Å². The van der Waals surface area contributed by atoms with Crippen LogP contribution in [0.15, 0.2) is 0 Å². The van der Waals surface area contributed by atoms with Crippen LogP contribution < -0.4 is 5.73 Å². The minimum atomic E-state index is -1.22. The van der Waals surface area contributed by atoms with Gasteiger partial charge in [0, 0.05) is 0 Å². The number of ether oxygens (including phenoxy) is 1. The molecule has 0 unspecified atom stereocenters. The quantitative estimate of drug-likeness (QED) is 0.576. The number of carbonyl (C=O) groups is 1. The number of methoxy groups -OCH3 is 1. The molecule has 0 aromatic heterocycles. The molecule has 68 valence electrons. The van der Waals surface area contributed by atoms with Crippen molar-refractivity contribution in [2.75, 3.05) is 7.11 Å². The molecule has 0 spiro atoms. The fraction of sp³-hybridized carbons (Fsp3) is 0.833. The molecule has 0 fully saturated rings. The van der Waals surface area contributed by atoms with Crippen molar-refractivity contribution >= 4 is 18.4 Å². The van der Waals surface area contributed by atoms with E-state index in [0.29, 0.717) is 0 Å². The summed E-state index contributed by atoms with van der Waals surface area (Å²) in [5.74, 6) is -0.604. The highest BCUT2D eigenvalue weighted by Gasteiger charge is 2.30. The molecule has 0 amide bonds. The molecule has 0 aliphatic rings. The molecule has 0 aliphatic carbocycles. The molecule has 4 nitrogen and oxygen atoms in total. The summed E-state index contributed by atoms with van der Waals surface area (Å²) < 4.78 is 4.31. The van der Waals surface area contributed by atoms with Crippen molar-refractivity contribution in [3.05, 3.63) is 0 Å². The molecular formula is C6H14ClNO3. The summed E-state index contributed by atoms with van der Waals surface area (Å²) in [5.41, 5.74) is 4.07. The third-order valence-corrected chi connectivity index (χ3v) is 1.22. The summed E-state index contributed by atoms with van der Waals surface area (Å²) in [6, 6.07) is -0.975. The predicted molar refractivity (Wildman–Crippen MR) is 43.5 cm³/mol. The molecule has 0 aromatic rings. The maximum Gasteiger partial charge on any atom is 0.325 e. The van der Waals surface area contributed by atoms with E-state index in [4.69, 9.17) is 10.8 Å². The normalized spacial score (nSPS) is 13.2. The monoisotopic (exact) mass is 183 g/mol. The van der Waals surface area contributed by atoms with E-state index in [1.165, 1.54) is 21.0 Å². The van der Waals surface area contributed by atoms with Crippen molar-refractivity contribution in [3.8, 4) is 0 Å². The van der Waals surface area contributed by atoms with Crippen LogP contribution in [0.1, 0.15) is 13.8 Å². The molecule has 0 saturated carbocycles. The molecule has 0 heterocycles. The summed E-state index contributed by atoms with van der Waals surface area (Å²) in [4.78, 5) is 10.7. The predicted octanol–water partition coefficient (Wildman–Crippen LogP) is -0.321. The fourth-order valence-corrected chi connectivity index (χ4v) is 0.415. The van der Waals surface area contributed by atoms with Crippen molar-refractivity contribution in [1.29, 1.82) is 0 Å². The van der Waals surface area contributed by atoms with Gasteiger partial charge in [-0.3, -0.25) is 4.79 Å². The van der Waals surface area contributed by atoms with E-state index >= 15 is 0 Å². The van der Waals surface area contributed by atoms with Crippen LogP contribution in [0.25, 0.3) is 0 Å². The van der Waals surface area contributed by atoms with Crippen LogP contribution >= 0.6 is 12.4 Å². The van der Waals surface area contributed by atoms with Crippen LogP contribution in [0, 0.1) is 0 Å². The van der Waals surface area contributed by atoms with E-state index in [1.807, 2.05) is 0 Å². The zero-order valence-corrected chi connectivity index (χ0v) is 7.64. The molecule has 0 saturated heterocycles. The van der Waals surface area contributed by atoms with E-state index < -0.39 is 17.6 Å². The van der Waals surface area contributed by atoms with Gasteiger partial charge in [-0.05, 0) is 13.8 Å². The van der Waals surface area contributed by atoms with E-state index in [-0.39, 0.29) is 12.4 Å². The van der Waals surface area contributed by atoms with Crippen LogP contribution in [-0.2, 0) is 9.53 Å². The SMILES string of the molecule is COC(=O)[C@@H](N)C(C)(C)O.Cl. The lowest BCUT2D eigenvalue weighted by atomic mass is 10.0. The van der Waals surface area contributed by atoms with Crippen LogP contribution in [0.4, 0.5) is 0 Å². The average Bonchev–Trinajstić information content (AvgIpc) is 1.83. The zero-order chi connectivity index (χ0) is 8.36. The number of nitrogens with two attached hydrogens (primary N) is 1. The fourth-order valence-electron chi connectivity index (χ4n) is 0.415. The Kier molecular flexibility index (Phi) is 5.48. The Morgan fingerprint density at radius 1 is 1.64 bits per heavy atom. The van der Waals surface area contributed by atoms with Gasteiger partial charge in [0.2, 0.25) is 0 Å². The maximum absolute atomic E-state index is 10.7. The van der Waals surface area contributed by atoms with E-state index in [0.717, 1.165) is 0 Å². The Labute approximate surface area is 72.1 Å². The highest BCUT2D eigenvalue weighted by molar-refractivity contribution is 5.85. The van der Waals surface area contributed by atoms with Gasteiger partial charge in [-0.1, -0.05) is 0 Å². The summed E-state index contributed by atoms with van der Waals surface area (Å²) in [5, 5.41) is 9.16. The standard InChI is InChI=1S/C6H13NO3.ClH/c1-6(2,9)4(7)5(8)10-3;/h4,9H,7H2,1-3H3;1H/t4-;/m1./s1. The van der Waals surface area contributed by atoms with E-state index in [9.17, 15) is 4.79 Å². The number of esters is 1. The zero-order valence-electron chi connectivity index (χ0n) is 6.83. The lowest BCUT2D eigenvalue weighted by molar-refractivity contribution is -0.147. The second-order valence-electron chi connectivity index (χ2n) is 2.65. The number of rotatable bonds is 2. The largest absolute Gasteiger partial charge is 0.468 e. The Hall–Kier alpha value is -0.320. The summed E-state index contributed by atoms with van der Waals surface area (Å²) in [6.07, 6.45) is 0. The molecule has 0 rings (SSSR count). The van der Waals surface area contributed by atoms with Gasteiger partial charge in [-0.15, -0.1) is 12.4 Å². The summed E-state index contributed by atoms with van der Waals surface area (Å²) >= 11 is 0. The Bertz CT molecular complexity index is 132. The van der Waals surface area contributed by atoms with E-state index in [1.54, 1.807) is 0 Å².